The van der Waals surface area contributed by atoms with E-state index in [1.54, 1.807) is 0 Å². The Morgan fingerprint density at radius 2 is 2.00 bits per heavy atom. The maximum absolute atomic E-state index is 12.3. The van der Waals surface area contributed by atoms with Crippen LogP contribution in [0.1, 0.15) is 44.2 Å². The van der Waals surface area contributed by atoms with Crippen molar-refractivity contribution in [3.05, 3.63) is 29.3 Å². The van der Waals surface area contributed by atoms with E-state index in [-0.39, 0.29) is 11.9 Å². The number of carbonyl (C=O) groups is 1. The molecule has 4 nitrogen and oxygen atoms in total. The molecule has 1 N–H and O–H groups in total. The molecule has 0 saturated carbocycles. The number of benzene rings is 1. The predicted octanol–water partition coefficient (Wildman–Crippen LogP) is 3.06. The molecule has 1 heterocycles. The van der Waals surface area contributed by atoms with Crippen LogP contribution in [0.15, 0.2) is 18.2 Å². The van der Waals surface area contributed by atoms with Crippen molar-refractivity contribution >= 4 is 5.91 Å². The number of hydrogen-bond acceptors (Lipinski definition) is 3. The highest BCUT2D eigenvalue weighted by atomic mass is 16.5. The summed E-state index contributed by atoms with van der Waals surface area (Å²) in [6.45, 7) is 11.5. The highest BCUT2D eigenvalue weighted by Gasteiger charge is 2.23. The normalized spacial score (nSPS) is 17.7. The fourth-order valence-electron chi connectivity index (χ4n) is 2.98. The standard InChI is InChI=1S/C19H30N2O2/c1-5-10-21-11-8-17(9-12-21)20-19(22)16(4)23-18-7-6-14(2)15(3)13-18/h6-7,13,16-17H,5,8-12H2,1-4H3,(H,20,22). The van der Waals surface area contributed by atoms with Gasteiger partial charge in [-0.1, -0.05) is 13.0 Å². The maximum Gasteiger partial charge on any atom is 0.260 e. The smallest absolute Gasteiger partial charge is 0.260 e. The van der Waals surface area contributed by atoms with Crippen LogP contribution in [0.25, 0.3) is 0 Å². The van der Waals surface area contributed by atoms with Gasteiger partial charge >= 0.3 is 0 Å². The Bertz CT molecular complexity index is 522. The number of amides is 1. The van der Waals surface area contributed by atoms with Crippen molar-refractivity contribution in [2.24, 2.45) is 0 Å². The lowest BCUT2D eigenvalue weighted by Crippen LogP contribution is -2.48. The second-order valence-electron chi connectivity index (χ2n) is 6.63. The lowest BCUT2D eigenvalue weighted by Gasteiger charge is -2.32. The van der Waals surface area contributed by atoms with E-state index in [9.17, 15) is 4.79 Å². The zero-order valence-electron chi connectivity index (χ0n) is 14.9. The van der Waals surface area contributed by atoms with E-state index in [1.165, 1.54) is 17.5 Å². The lowest BCUT2D eigenvalue weighted by atomic mass is 10.0. The van der Waals surface area contributed by atoms with Gasteiger partial charge in [-0.15, -0.1) is 0 Å². The summed E-state index contributed by atoms with van der Waals surface area (Å²) in [4.78, 5) is 14.8. The Kier molecular flexibility index (Phi) is 6.46. The number of likely N-dealkylation sites (tertiary alicyclic amines) is 1. The summed E-state index contributed by atoms with van der Waals surface area (Å²) in [5.41, 5.74) is 2.41. The SMILES string of the molecule is CCCN1CCC(NC(=O)C(C)Oc2ccc(C)c(C)c2)CC1. The third-order valence-corrected chi connectivity index (χ3v) is 4.63. The molecule has 0 spiro atoms. The summed E-state index contributed by atoms with van der Waals surface area (Å²) in [5, 5.41) is 3.14. The van der Waals surface area contributed by atoms with Gasteiger partial charge in [-0.25, -0.2) is 0 Å². The number of nitrogens with zero attached hydrogens (tertiary/aromatic N) is 1. The molecule has 1 aromatic rings. The van der Waals surface area contributed by atoms with Crippen LogP contribution in [-0.2, 0) is 4.79 Å². The molecule has 1 saturated heterocycles. The summed E-state index contributed by atoms with van der Waals surface area (Å²) < 4.78 is 5.79. The van der Waals surface area contributed by atoms with Crippen LogP contribution < -0.4 is 10.1 Å². The molecule has 1 fully saturated rings. The van der Waals surface area contributed by atoms with Gasteiger partial charge in [0.15, 0.2) is 6.10 Å². The first-order valence-corrected chi connectivity index (χ1v) is 8.76. The molecule has 1 amide bonds. The monoisotopic (exact) mass is 318 g/mol. The minimum Gasteiger partial charge on any atom is -0.481 e. The van der Waals surface area contributed by atoms with Gasteiger partial charge < -0.3 is 15.0 Å². The predicted molar refractivity (Wildman–Crippen MR) is 93.9 cm³/mol. The molecule has 128 valence electrons. The van der Waals surface area contributed by atoms with E-state index in [1.807, 2.05) is 25.1 Å². The first-order valence-electron chi connectivity index (χ1n) is 8.76. The quantitative estimate of drug-likeness (QED) is 0.876. The van der Waals surface area contributed by atoms with Crippen LogP contribution >= 0.6 is 0 Å². The third kappa shape index (κ3) is 5.24. The molecule has 2 rings (SSSR count). The van der Waals surface area contributed by atoms with E-state index in [0.29, 0.717) is 0 Å². The fourth-order valence-corrected chi connectivity index (χ4v) is 2.98. The first kappa shape index (κ1) is 17.8. The summed E-state index contributed by atoms with van der Waals surface area (Å²) in [6.07, 6.45) is 2.79. The summed E-state index contributed by atoms with van der Waals surface area (Å²) in [7, 11) is 0. The van der Waals surface area contributed by atoms with Gasteiger partial charge in [-0.2, -0.15) is 0 Å². The van der Waals surface area contributed by atoms with E-state index < -0.39 is 6.10 Å². The topological polar surface area (TPSA) is 41.6 Å². The first-order chi connectivity index (χ1) is 11.0. The average molecular weight is 318 g/mol. The van der Waals surface area contributed by atoms with Crippen LogP contribution in [0.2, 0.25) is 0 Å². The molecule has 0 bridgehead atoms. The molecule has 1 aromatic carbocycles. The van der Waals surface area contributed by atoms with Gasteiger partial charge in [0.05, 0.1) is 0 Å². The molecule has 23 heavy (non-hydrogen) atoms. The highest BCUT2D eigenvalue weighted by molar-refractivity contribution is 5.81. The zero-order valence-corrected chi connectivity index (χ0v) is 14.9. The van der Waals surface area contributed by atoms with Crippen LogP contribution in [0.4, 0.5) is 0 Å². The van der Waals surface area contributed by atoms with Gasteiger partial charge in [0.25, 0.3) is 5.91 Å². The number of carbonyl (C=O) groups excluding carboxylic acids is 1. The van der Waals surface area contributed by atoms with E-state index in [4.69, 9.17) is 4.74 Å². The molecular weight excluding hydrogens is 288 g/mol. The number of nitrogens with one attached hydrogen (secondary N) is 1. The van der Waals surface area contributed by atoms with Crippen molar-refractivity contribution < 1.29 is 9.53 Å². The second kappa shape index (κ2) is 8.34. The van der Waals surface area contributed by atoms with Crippen LogP contribution in [0.5, 0.6) is 5.75 Å². The van der Waals surface area contributed by atoms with Crippen LogP contribution in [0, 0.1) is 13.8 Å². The summed E-state index contributed by atoms with van der Waals surface area (Å²) in [5.74, 6) is 0.741. The van der Waals surface area contributed by atoms with Crippen molar-refractivity contribution in [3.63, 3.8) is 0 Å². The lowest BCUT2D eigenvalue weighted by molar-refractivity contribution is -0.128. The van der Waals surface area contributed by atoms with Crippen LogP contribution in [-0.4, -0.2) is 42.6 Å². The van der Waals surface area contributed by atoms with E-state index in [2.05, 4.69) is 31.0 Å². The number of piperidine rings is 1. The molecule has 1 aliphatic heterocycles. The highest BCUT2D eigenvalue weighted by Crippen LogP contribution is 2.18. The van der Waals surface area contributed by atoms with E-state index >= 15 is 0 Å². The van der Waals surface area contributed by atoms with Gasteiger partial charge in [-0.3, -0.25) is 4.79 Å². The molecule has 0 aliphatic carbocycles. The largest absolute Gasteiger partial charge is 0.481 e. The van der Waals surface area contributed by atoms with Crippen LogP contribution in [0.3, 0.4) is 0 Å². The number of ether oxygens (including phenoxy) is 1. The second-order valence-corrected chi connectivity index (χ2v) is 6.63. The van der Waals surface area contributed by atoms with Crippen molar-refractivity contribution in [2.45, 2.75) is 59.1 Å². The van der Waals surface area contributed by atoms with E-state index in [0.717, 1.165) is 38.2 Å². The molecule has 1 aliphatic rings. The fraction of sp³-hybridized carbons (Fsp3) is 0.632. The minimum absolute atomic E-state index is 0.0165. The van der Waals surface area contributed by atoms with Gasteiger partial charge in [-0.05, 0) is 69.8 Å². The Morgan fingerprint density at radius 1 is 1.30 bits per heavy atom. The summed E-state index contributed by atoms with van der Waals surface area (Å²) >= 11 is 0. The molecular formula is C19H30N2O2. The van der Waals surface area contributed by atoms with Gasteiger partial charge in [0, 0.05) is 19.1 Å². The Hall–Kier alpha value is -1.55. The molecule has 4 heteroatoms. The molecule has 0 aromatic heterocycles. The zero-order chi connectivity index (χ0) is 16.8. The average Bonchev–Trinajstić information content (AvgIpc) is 2.53. The van der Waals surface area contributed by atoms with Crippen molar-refractivity contribution in [3.8, 4) is 5.75 Å². The van der Waals surface area contributed by atoms with Crippen molar-refractivity contribution in [2.75, 3.05) is 19.6 Å². The molecule has 1 unspecified atom stereocenters. The van der Waals surface area contributed by atoms with Crippen molar-refractivity contribution in [1.82, 2.24) is 10.2 Å². The number of rotatable bonds is 6. The third-order valence-electron chi connectivity index (χ3n) is 4.63. The number of aryl methyl sites for hydroxylation is 2. The summed E-state index contributed by atoms with van der Waals surface area (Å²) in [6, 6.07) is 6.22. The van der Waals surface area contributed by atoms with Gasteiger partial charge in [0.2, 0.25) is 0 Å². The molecule has 0 radical (unpaired) electrons. The van der Waals surface area contributed by atoms with Crippen molar-refractivity contribution in [1.29, 1.82) is 0 Å². The maximum atomic E-state index is 12.3. The molecule has 1 atom stereocenters. The Balaban J connectivity index is 1.80. The minimum atomic E-state index is -0.467. The van der Waals surface area contributed by atoms with Gasteiger partial charge in [0.1, 0.15) is 5.75 Å². The Morgan fingerprint density at radius 3 is 2.61 bits per heavy atom. The Labute approximate surface area is 140 Å². The number of hydrogen-bond donors (Lipinski definition) is 1.